The number of hydrogen-bond acceptors (Lipinski definition) is 4. The minimum absolute atomic E-state index is 0.196. The number of nitrogens with one attached hydrogen (secondary N) is 1. The molecule has 0 spiro atoms. The zero-order valence-electron chi connectivity index (χ0n) is 5.44. The van der Waals surface area contributed by atoms with E-state index in [1.54, 1.807) is 18.3 Å². The van der Waals surface area contributed by atoms with Crippen molar-refractivity contribution in [2.75, 3.05) is 0 Å². The predicted molar refractivity (Wildman–Crippen MR) is 40.2 cm³/mol. The van der Waals surface area contributed by atoms with E-state index >= 15 is 0 Å². The highest BCUT2D eigenvalue weighted by molar-refractivity contribution is 7.00. The Morgan fingerprint density at radius 1 is 1.45 bits per heavy atom. The van der Waals surface area contributed by atoms with Crippen molar-refractivity contribution in [3.05, 3.63) is 28.7 Å². The van der Waals surface area contributed by atoms with Crippen molar-refractivity contribution >= 4 is 22.8 Å². The summed E-state index contributed by atoms with van der Waals surface area (Å²) in [5.41, 5.74) is 0.847. The van der Waals surface area contributed by atoms with E-state index in [1.807, 2.05) is 0 Å². The molecule has 0 unspecified atom stereocenters. The van der Waals surface area contributed by atoms with Crippen molar-refractivity contribution < 1.29 is 4.98 Å². The Bertz CT molecular complexity index is 439. The molecule has 2 heterocycles. The van der Waals surface area contributed by atoms with Gasteiger partial charge >= 0.3 is 5.56 Å². The highest BCUT2D eigenvalue weighted by Crippen LogP contribution is 2.01. The van der Waals surface area contributed by atoms with E-state index < -0.39 is 0 Å². The first kappa shape index (κ1) is 6.36. The lowest BCUT2D eigenvalue weighted by molar-refractivity contribution is -0.393. The Kier molecular flexibility index (Phi) is 1.36. The fourth-order valence-corrected chi connectivity index (χ4v) is 1.33. The van der Waals surface area contributed by atoms with Crippen LogP contribution in [0.4, 0.5) is 0 Å². The van der Waals surface area contributed by atoms with Gasteiger partial charge in [0.1, 0.15) is 5.52 Å². The number of fused-ring (bicyclic) bond motifs is 1. The van der Waals surface area contributed by atoms with Crippen LogP contribution in [0.2, 0.25) is 0 Å². The molecule has 0 aliphatic rings. The first-order valence-corrected chi connectivity index (χ1v) is 3.74. The molecule has 0 aromatic carbocycles. The monoisotopic (exact) mass is 166 g/mol. The SMILES string of the molecule is O=c1[nH+]cccc2nsnc12. The molecule has 5 heteroatoms. The minimum Gasteiger partial charge on any atom is -0.212 e. The maximum atomic E-state index is 11.1. The van der Waals surface area contributed by atoms with E-state index in [4.69, 9.17) is 0 Å². The van der Waals surface area contributed by atoms with E-state index in [0.29, 0.717) is 11.0 Å². The number of nitrogens with zero attached hydrogens (tertiary/aromatic N) is 2. The lowest BCUT2D eigenvalue weighted by Gasteiger charge is -1.64. The summed E-state index contributed by atoms with van der Waals surface area (Å²) < 4.78 is 7.78. The zero-order chi connectivity index (χ0) is 7.68. The number of aromatic amines is 1. The van der Waals surface area contributed by atoms with Crippen LogP contribution in [0.3, 0.4) is 0 Å². The summed E-state index contributed by atoms with van der Waals surface area (Å²) in [4.78, 5) is 13.6. The lowest BCUT2D eigenvalue weighted by Crippen LogP contribution is -2.23. The smallest absolute Gasteiger partial charge is 0.212 e. The molecule has 2 rings (SSSR count). The molecule has 0 fully saturated rings. The molecular formula is C6H4N3OS+. The minimum atomic E-state index is -0.196. The number of aromatic nitrogens is 3. The standard InChI is InChI=1S/C6H3N3OS/c10-6-5-4(8-11-9-5)2-1-3-7-6/h1-3H/p+1. The van der Waals surface area contributed by atoms with Crippen molar-refractivity contribution in [1.29, 1.82) is 0 Å². The quantitative estimate of drug-likeness (QED) is 0.547. The van der Waals surface area contributed by atoms with E-state index in [1.165, 1.54) is 0 Å². The molecule has 54 valence electrons. The van der Waals surface area contributed by atoms with Crippen LogP contribution in [0.25, 0.3) is 11.0 Å². The van der Waals surface area contributed by atoms with Crippen molar-refractivity contribution in [2.24, 2.45) is 0 Å². The Labute approximate surface area is 65.9 Å². The molecule has 0 saturated heterocycles. The third-order valence-electron chi connectivity index (χ3n) is 1.29. The van der Waals surface area contributed by atoms with E-state index in [9.17, 15) is 4.79 Å². The molecule has 1 N–H and O–H groups in total. The highest BCUT2D eigenvalue weighted by Gasteiger charge is 2.03. The van der Waals surface area contributed by atoms with Crippen LogP contribution >= 0.6 is 11.7 Å². The van der Waals surface area contributed by atoms with Gasteiger partial charge in [-0.05, 0) is 6.07 Å². The molecular weight excluding hydrogens is 162 g/mol. The van der Waals surface area contributed by atoms with Gasteiger partial charge in [0.25, 0.3) is 0 Å². The van der Waals surface area contributed by atoms with Crippen molar-refractivity contribution in [3.63, 3.8) is 0 Å². The third-order valence-corrected chi connectivity index (χ3v) is 1.84. The first-order chi connectivity index (χ1) is 5.38. The van der Waals surface area contributed by atoms with Gasteiger partial charge in [0.2, 0.25) is 5.52 Å². The molecule has 0 atom stereocenters. The number of hydrogen-bond donors (Lipinski definition) is 0. The van der Waals surface area contributed by atoms with Crippen LogP contribution in [0, 0.1) is 0 Å². The molecule has 0 amide bonds. The summed E-state index contributed by atoms with van der Waals surface area (Å²) in [6, 6.07) is 3.47. The van der Waals surface area contributed by atoms with Gasteiger partial charge in [-0.1, -0.05) is 0 Å². The third kappa shape index (κ3) is 0.988. The summed E-state index contributed by atoms with van der Waals surface area (Å²) in [6.07, 6.45) is 1.57. The molecule has 11 heavy (non-hydrogen) atoms. The van der Waals surface area contributed by atoms with Gasteiger partial charge < -0.3 is 0 Å². The molecule has 0 aliphatic heterocycles. The van der Waals surface area contributed by atoms with Crippen LogP contribution in [-0.4, -0.2) is 8.75 Å². The topological polar surface area (TPSA) is 57.0 Å². The summed E-state index contributed by atoms with van der Waals surface area (Å²) in [6.45, 7) is 0. The van der Waals surface area contributed by atoms with Gasteiger partial charge in [0.05, 0.1) is 11.7 Å². The summed E-state index contributed by atoms with van der Waals surface area (Å²) in [7, 11) is 0. The molecule has 4 nitrogen and oxygen atoms in total. The summed E-state index contributed by atoms with van der Waals surface area (Å²) in [5, 5.41) is 0. The van der Waals surface area contributed by atoms with Gasteiger partial charge in [-0.2, -0.15) is 13.7 Å². The van der Waals surface area contributed by atoms with E-state index in [2.05, 4.69) is 13.7 Å². The van der Waals surface area contributed by atoms with Gasteiger partial charge in [0, 0.05) is 6.07 Å². The van der Waals surface area contributed by atoms with E-state index in [-0.39, 0.29) is 5.56 Å². The van der Waals surface area contributed by atoms with Gasteiger partial charge in [0.15, 0.2) is 6.20 Å². The maximum Gasteiger partial charge on any atom is 0.439 e. The van der Waals surface area contributed by atoms with Crippen LogP contribution in [0.1, 0.15) is 0 Å². The second-order valence-electron chi connectivity index (χ2n) is 2.00. The van der Waals surface area contributed by atoms with Gasteiger partial charge in [-0.25, -0.2) is 4.79 Å². The van der Waals surface area contributed by atoms with Crippen molar-refractivity contribution in [2.45, 2.75) is 0 Å². The predicted octanol–water partition coefficient (Wildman–Crippen LogP) is -0.134. The van der Waals surface area contributed by atoms with Crippen molar-refractivity contribution in [3.8, 4) is 0 Å². The molecule has 2 aromatic heterocycles. The average Bonchev–Trinajstić information content (AvgIpc) is 2.40. The Balaban J connectivity index is 3.09. The summed E-state index contributed by atoms with van der Waals surface area (Å²) in [5.74, 6) is 0. The van der Waals surface area contributed by atoms with E-state index in [0.717, 1.165) is 11.7 Å². The fraction of sp³-hybridized carbons (Fsp3) is 0. The van der Waals surface area contributed by atoms with Crippen LogP contribution in [-0.2, 0) is 0 Å². The molecule has 0 bridgehead atoms. The van der Waals surface area contributed by atoms with Crippen LogP contribution in [0.5, 0.6) is 0 Å². The molecule has 0 radical (unpaired) electrons. The highest BCUT2D eigenvalue weighted by atomic mass is 32.1. The second kappa shape index (κ2) is 2.35. The Morgan fingerprint density at radius 3 is 3.27 bits per heavy atom. The first-order valence-electron chi connectivity index (χ1n) is 3.01. The average molecular weight is 166 g/mol. The fourth-order valence-electron chi connectivity index (χ4n) is 0.794. The van der Waals surface area contributed by atoms with Crippen LogP contribution in [0.15, 0.2) is 23.1 Å². The molecule has 0 saturated carbocycles. The maximum absolute atomic E-state index is 11.1. The molecule has 0 aliphatic carbocycles. The van der Waals surface area contributed by atoms with Crippen LogP contribution < -0.4 is 10.5 Å². The van der Waals surface area contributed by atoms with Gasteiger partial charge in [-0.15, -0.1) is 0 Å². The largest absolute Gasteiger partial charge is 0.439 e. The summed E-state index contributed by atoms with van der Waals surface area (Å²) >= 11 is 1.04. The zero-order valence-corrected chi connectivity index (χ0v) is 6.26. The van der Waals surface area contributed by atoms with Crippen molar-refractivity contribution in [1.82, 2.24) is 8.75 Å². The lowest BCUT2D eigenvalue weighted by atomic mass is 10.4. The van der Waals surface area contributed by atoms with Gasteiger partial charge in [-0.3, -0.25) is 0 Å². The normalized spacial score (nSPS) is 10.2. The second-order valence-corrected chi connectivity index (χ2v) is 2.53. The molecule has 2 aromatic rings. The Hall–Kier alpha value is -1.36. The Morgan fingerprint density at radius 2 is 2.36 bits per heavy atom. The number of H-pyrrole nitrogens is 1. The number of rotatable bonds is 0.